The molecule has 3 N–H and O–H groups in total. The summed E-state index contributed by atoms with van der Waals surface area (Å²) < 4.78 is 43.6. The van der Waals surface area contributed by atoms with Crippen molar-refractivity contribution >= 4 is 0 Å². The molecule has 0 aromatic heterocycles. The number of aryl methyl sites for hydroxylation is 1. The van der Waals surface area contributed by atoms with E-state index < -0.39 is 11.7 Å². The van der Waals surface area contributed by atoms with E-state index in [1.54, 1.807) is 6.92 Å². The Kier molecular flexibility index (Phi) is 4.36. The minimum atomic E-state index is -4.32. The lowest BCUT2D eigenvalue weighted by atomic mass is 9.86. The quantitative estimate of drug-likeness (QED) is 0.664. The molecule has 6 heteroatoms. The average molecular weight is 288 g/mol. The summed E-state index contributed by atoms with van der Waals surface area (Å²) in [7, 11) is 0. The van der Waals surface area contributed by atoms with Gasteiger partial charge in [-0.3, -0.25) is 11.3 Å². The van der Waals surface area contributed by atoms with E-state index in [4.69, 9.17) is 10.6 Å². The largest absolute Gasteiger partial charge is 0.416 e. The van der Waals surface area contributed by atoms with Crippen LogP contribution < -0.4 is 11.3 Å². The molecular weight excluding hydrogens is 269 g/mol. The van der Waals surface area contributed by atoms with E-state index in [1.165, 1.54) is 12.1 Å². The second-order valence-corrected chi connectivity index (χ2v) is 5.24. The van der Waals surface area contributed by atoms with E-state index in [1.807, 2.05) is 6.92 Å². The number of hydrogen-bond donors (Lipinski definition) is 2. The van der Waals surface area contributed by atoms with Gasteiger partial charge in [-0.05, 0) is 43.5 Å². The number of rotatable bonds is 3. The molecule has 1 aliphatic heterocycles. The highest BCUT2D eigenvalue weighted by atomic mass is 19.4. The molecule has 112 valence electrons. The van der Waals surface area contributed by atoms with Crippen LogP contribution in [0.2, 0.25) is 0 Å². The Bertz CT molecular complexity index is 476. The van der Waals surface area contributed by atoms with Crippen LogP contribution in [0.25, 0.3) is 0 Å². The Balaban J connectivity index is 2.31. The maximum atomic E-state index is 12.7. The number of halogens is 3. The van der Waals surface area contributed by atoms with Gasteiger partial charge >= 0.3 is 6.18 Å². The first-order valence-electron chi connectivity index (χ1n) is 6.60. The topological polar surface area (TPSA) is 47.3 Å². The van der Waals surface area contributed by atoms with Crippen molar-refractivity contribution in [3.63, 3.8) is 0 Å². The van der Waals surface area contributed by atoms with E-state index in [0.717, 1.165) is 18.1 Å². The molecule has 0 bridgehead atoms. The first-order valence-corrected chi connectivity index (χ1v) is 6.60. The van der Waals surface area contributed by atoms with Crippen LogP contribution in [0, 0.1) is 12.8 Å². The third-order valence-corrected chi connectivity index (χ3v) is 3.97. The average Bonchev–Trinajstić information content (AvgIpc) is 2.77. The third-order valence-electron chi connectivity index (χ3n) is 3.97. The fourth-order valence-corrected chi connectivity index (χ4v) is 2.83. The highest BCUT2D eigenvalue weighted by Gasteiger charge is 2.35. The standard InChI is InChI=1S/C14H19F3N2O/c1-8-7-10(14(15,16)17)3-4-11(8)13(19-18)12-5-6-20-9(12)2/h3-4,7,9,12-13,19H,5-6,18H2,1-2H3. The fraction of sp³-hybridized carbons (Fsp3) is 0.571. The maximum Gasteiger partial charge on any atom is 0.416 e. The molecule has 1 aromatic carbocycles. The third kappa shape index (κ3) is 2.97. The Labute approximate surface area is 116 Å². The van der Waals surface area contributed by atoms with E-state index in [0.29, 0.717) is 12.2 Å². The number of benzene rings is 1. The van der Waals surface area contributed by atoms with E-state index in [-0.39, 0.29) is 18.1 Å². The molecule has 0 spiro atoms. The van der Waals surface area contributed by atoms with Crippen LogP contribution in [-0.2, 0) is 10.9 Å². The van der Waals surface area contributed by atoms with Crippen LogP contribution in [0.5, 0.6) is 0 Å². The number of ether oxygens (including phenoxy) is 1. The highest BCUT2D eigenvalue weighted by molar-refractivity contribution is 5.35. The van der Waals surface area contributed by atoms with Crippen molar-refractivity contribution < 1.29 is 17.9 Å². The number of nitrogens with two attached hydrogens (primary N) is 1. The maximum absolute atomic E-state index is 12.7. The summed E-state index contributed by atoms with van der Waals surface area (Å²) in [5, 5.41) is 0. The normalized spacial score (nSPS) is 24.9. The Morgan fingerprint density at radius 3 is 2.55 bits per heavy atom. The predicted molar refractivity (Wildman–Crippen MR) is 69.8 cm³/mol. The molecule has 1 aliphatic rings. The van der Waals surface area contributed by atoms with Crippen LogP contribution in [-0.4, -0.2) is 12.7 Å². The summed E-state index contributed by atoms with van der Waals surface area (Å²) >= 11 is 0. The molecule has 0 amide bonds. The molecule has 3 atom stereocenters. The summed E-state index contributed by atoms with van der Waals surface area (Å²) in [6, 6.07) is 3.58. The van der Waals surface area contributed by atoms with E-state index in [9.17, 15) is 13.2 Å². The Hall–Kier alpha value is -1.11. The molecular formula is C14H19F3N2O. The van der Waals surface area contributed by atoms with Gasteiger partial charge < -0.3 is 4.74 Å². The smallest absolute Gasteiger partial charge is 0.378 e. The lowest BCUT2D eigenvalue weighted by Crippen LogP contribution is -2.36. The molecule has 1 fully saturated rings. The Morgan fingerprint density at radius 1 is 1.40 bits per heavy atom. The molecule has 0 radical (unpaired) electrons. The molecule has 3 nitrogen and oxygen atoms in total. The van der Waals surface area contributed by atoms with Gasteiger partial charge in [0.05, 0.1) is 17.7 Å². The van der Waals surface area contributed by atoms with Gasteiger partial charge in [-0.25, -0.2) is 0 Å². The molecule has 2 rings (SSSR count). The van der Waals surface area contributed by atoms with Crippen molar-refractivity contribution in [3.05, 3.63) is 34.9 Å². The van der Waals surface area contributed by atoms with E-state index >= 15 is 0 Å². The van der Waals surface area contributed by atoms with Crippen molar-refractivity contribution in [3.8, 4) is 0 Å². The summed E-state index contributed by atoms with van der Waals surface area (Å²) in [4.78, 5) is 0. The molecule has 1 heterocycles. The first-order chi connectivity index (χ1) is 9.34. The fourth-order valence-electron chi connectivity index (χ4n) is 2.83. The van der Waals surface area contributed by atoms with Crippen molar-refractivity contribution in [1.29, 1.82) is 0 Å². The molecule has 3 unspecified atom stereocenters. The molecule has 0 aliphatic carbocycles. The SMILES string of the molecule is Cc1cc(C(F)(F)F)ccc1C(NN)C1CCOC1C. The highest BCUT2D eigenvalue weighted by Crippen LogP contribution is 2.36. The summed E-state index contributed by atoms with van der Waals surface area (Å²) in [6.45, 7) is 4.29. The monoisotopic (exact) mass is 288 g/mol. The van der Waals surface area contributed by atoms with E-state index in [2.05, 4.69) is 5.43 Å². The first kappa shape index (κ1) is 15.3. The van der Waals surface area contributed by atoms with Gasteiger partial charge in [0.1, 0.15) is 0 Å². The Morgan fingerprint density at radius 2 is 2.10 bits per heavy atom. The van der Waals surface area contributed by atoms with Gasteiger partial charge in [0.2, 0.25) is 0 Å². The van der Waals surface area contributed by atoms with Crippen LogP contribution in [0.3, 0.4) is 0 Å². The minimum Gasteiger partial charge on any atom is -0.378 e. The van der Waals surface area contributed by atoms with Gasteiger partial charge in [0.15, 0.2) is 0 Å². The van der Waals surface area contributed by atoms with Crippen molar-refractivity contribution in [2.75, 3.05) is 6.61 Å². The molecule has 0 saturated carbocycles. The lowest BCUT2D eigenvalue weighted by molar-refractivity contribution is -0.137. The number of alkyl halides is 3. The van der Waals surface area contributed by atoms with Crippen molar-refractivity contribution in [2.24, 2.45) is 11.8 Å². The summed E-state index contributed by atoms with van der Waals surface area (Å²) in [5.74, 6) is 5.77. The van der Waals surface area contributed by atoms with Crippen LogP contribution in [0.1, 0.15) is 36.1 Å². The molecule has 1 aromatic rings. The number of hydrogen-bond acceptors (Lipinski definition) is 3. The zero-order valence-electron chi connectivity index (χ0n) is 11.5. The zero-order valence-corrected chi connectivity index (χ0v) is 11.5. The van der Waals surface area contributed by atoms with Gasteiger partial charge in [-0.2, -0.15) is 13.2 Å². The minimum absolute atomic E-state index is 0.0396. The summed E-state index contributed by atoms with van der Waals surface area (Å²) in [6.07, 6.45) is -3.44. The second kappa shape index (κ2) is 5.71. The molecule has 20 heavy (non-hydrogen) atoms. The van der Waals surface area contributed by atoms with Gasteiger partial charge in [-0.15, -0.1) is 0 Å². The van der Waals surface area contributed by atoms with Crippen LogP contribution in [0.15, 0.2) is 18.2 Å². The van der Waals surface area contributed by atoms with Gasteiger partial charge in [0.25, 0.3) is 0 Å². The van der Waals surface area contributed by atoms with Crippen LogP contribution >= 0.6 is 0 Å². The molecule has 1 saturated heterocycles. The second-order valence-electron chi connectivity index (χ2n) is 5.24. The number of hydrazine groups is 1. The predicted octanol–water partition coefficient (Wildman–Crippen LogP) is 2.94. The van der Waals surface area contributed by atoms with Crippen molar-refractivity contribution in [2.45, 2.75) is 38.6 Å². The number of nitrogens with one attached hydrogen (secondary N) is 1. The van der Waals surface area contributed by atoms with Gasteiger partial charge in [-0.1, -0.05) is 6.07 Å². The van der Waals surface area contributed by atoms with Crippen LogP contribution in [0.4, 0.5) is 13.2 Å². The van der Waals surface area contributed by atoms with Crippen molar-refractivity contribution in [1.82, 2.24) is 5.43 Å². The zero-order chi connectivity index (χ0) is 14.9. The lowest BCUT2D eigenvalue weighted by Gasteiger charge is -2.27. The van der Waals surface area contributed by atoms with Gasteiger partial charge in [0, 0.05) is 12.5 Å². The summed E-state index contributed by atoms with van der Waals surface area (Å²) in [5.41, 5.74) is 3.47.